The van der Waals surface area contributed by atoms with Crippen molar-refractivity contribution in [3.63, 3.8) is 0 Å². The van der Waals surface area contributed by atoms with Gasteiger partial charge in [-0.2, -0.15) is 0 Å². The first kappa shape index (κ1) is 23.2. The van der Waals surface area contributed by atoms with Crippen molar-refractivity contribution in [2.24, 2.45) is 0 Å². The minimum atomic E-state index is -0.296. The van der Waals surface area contributed by atoms with Gasteiger partial charge in [0.1, 0.15) is 10.8 Å². The lowest BCUT2D eigenvalue weighted by molar-refractivity contribution is 0.194. The van der Waals surface area contributed by atoms with Gasteiger partial charge in [0.25, 0.3) is 0 Å². The molecule has 0 fully saturated rings. The second kappa shape index (κ2) is 9.32. The van der Waals surface area contributed by atoms with E-state index in [1.807, 2.05) is 46.6 Å². The van der Waals surface area contributed by atoms with Gasteiger partial charge >= 0.3 is 6.03 Å². The highest BCUT2D eigenvalue weighted by molar-refractivity contribution is 7.15. The molecular weight excluding hydrogens is 492 g/mol. The smallest absolute Gasteiger partial charge is 0.322 e. The van der Waals surface area contributed by atoms with Crippen molar-refractivity contribution in [1.82, 2.24) is 14.4 Å². The Hall–Kier alpha value is -3.26. The van der Waals surface area contributed by atoms with Crippen LogP contribution in [-0.4, -0.2) is 41.1 Å². The fraction of sp³-hybridized carbons (Fsp3) is 0.250. The Morgan fingerprint density at radius 3 is 2.78 bits per heavy atom. The van der Waals surface area contributed by atoms with Crippen LogP contribution in [0.4, 0.5) is 10.5 Å². The Bertz CT molecular complexity index is 1450. The number of aromatic nitrogens is 1. The summed E-state index contributed by atoms with van der Waals surface area (Å²) < 4.78 is 7.81. The van der Waals surface area contributed by atoms with Gasteiger partial charge in [0.15, 0.2) is 0 Å². The first-order chi connectivity index (χ1) is 17.5. The quantitative estimate of drug-likeness (QED) is 0.345. The predicted molar refractivity (Wildman–Crippen MR) is 145 cm³/mol. The topological polar surface area (TPSA) is 49.7 Å². The van der Waals surface area contributed by atoms with Crippen LogP contribution in [0.2, 0.25) is 5.02 Å². The maximum Gasteiger partial charge on any atom is 0.322 e. The molecule has 0 bridgehead atoms. The third-order valence-electron chi connectivity index (χ3n) is 7.00. The molecular formula is C28H27ClN4O2S. The first-order valence-electron chi connectivity index (χ1n) is 12.0. The van der Waals surface area contributed by atoms with Crippen LogP contribution in [0.3, 0.4) is 0 Å². The van der Waals surface area contributed by atoms with Crippen LogP contribution in [0.25, 0.3) is 5.00 Å². The third kappa shape index (κ3) is 4.07. The minimum absolute atomic E-state index is 0.168. The Kier molecular flexibility index (Phi) is 5.99. The lowest BCUT2D eigenvalue weighted by atomic mass is 10.00. The maximum atomic E-state index is 14.0. The summed E-state index contributed by atoms with van der Waals surface area (Å²) >= 11 is 8.06. The van der Waals surface area contributed by atoms with Crippen molar-refractivity contribution in [3.8, 4) is 10.8 Å². The van der Waals surface area contributed by atoms with E-state index in [1.54, 1.807) is 19.2 Å². The Morgan fingerprint density at radius 2 is 1.94 bits per heavy atom. The summed E-state index contributed by atoms with van der Waals surface area (Å²) in [7, 11) is 3.83. The largest absolute Gasteiger partial charge is 0.497 e. The minimum Gasteiger partial charge on any atom is -0.497 e. The number of likely N-dealkylation sites (N-methyl/N-ethyl adjacent to an activating group) is 1. The summed E-state index contributed by atoms with van der Waals surface area (Å²) in [6.07, 6.45) is 3.10. The van der Waals surface area contributed by atoms with Gasteiger partial charge in [0, 0.05) is 40.4 Å². The number of rotatable bonds is 3. The Balaban J connectivity index is 1.50. The normalized spacial score (nSPS) is 17.1. The Morgan fingerprint density at radius 1 is 1.08 bits per heavy atom. The molecule has 8 heteroatoms. The number of fused-ring (bicyclic) bond motifs is 5. The molecule has 2 aromatic carbocycles. The standard InChI is InChI=1S/C28H27ClN4O2S/c1-31-13-11-22-23-16-33(28(34)30-20-8-4-7-19(29)15-20)26(18-6-3-9-21(14-18)35-2)24-10-5-12-32(24)27(23)36-25(22)17-31/h3-10,12,14-15,26H,11,13,16-17H2,1-2H3,(H,30,34). The van der Waals surface area contributed by atoms with Crippen LogP contribution in [0.15, 0.2) is 66.9 Å². The van der Waals surface area contributed by atoms with E-state index in [4.69, 9.17) is 16.3 Å². The van der Waals surface area contributed by atoms with E-state index in [0.29, 0.717) is 17.3 Å². The number of amides is 2. The zero-order valence-corrected chi connectivity index (χ0v) is 21.8. The summed E-state index contributed by atoms with van der Waals surface area (Å²) in [6, 6.07) is 19.0. The van der Waals surface area contributed by atoms with Crippen LogP contribution in [0.1, 0.15) is 33.3 Å². The molecule has 2 amide bonds. The second-order valence-electron chi connectivity index (χ2n) is 9.33. The first-order valence-corrected chi connectivity index (χ1v) is 13.2. The number of nitrogens with one attached hydrogen (secondary N) is 1. The number of benzene rings is 2. The van der Waals surface area contributed by atoms with E-state index in [9.17, 15) is 4.79 Å². The van der Waals surface area contributed by atoms with Crippen LogP contribution in [-0.2, 0) is 19.5 Å². The molecule has 184 valence electrons. The molecule has 2 aliphatic heterocycles. The number of anilines is 1. The Labute approximate surface area is 219 Å². The second-order valence-corrected chi connectivity index (χ2v) is 10.8. The number of hydrogen-bond acceptors (Lipinski definition) is 4. The summed E-state index contributed by atoms with van der Waals surface area (Å²) in [4.78, 5) is 19.7. The molecule has 4 aromatic rings. The number of ether oxygens (including phenoxy) is 1. The van der Waals surface area contributed by atoms with E-state index in [0.717, 1.165) is 36.5 Å². The average molecular weight is 519 g/mol. The fourth-order valence-electron chi connectivity index (χ4n) is 5.28. The van der Waals surface area contributed by atoms with Crippen molar-refractivity contribution < 1.29 is 9.53 Å². The van der Waals surface area contributed by atoms with E-state index >= 15 is 0 Å². The molecule has 1 unspecified atom stereocenters. The van der Waals surface area contributed by atoms with E-state index in [1.165, 1.54) is 21.0 Å². The van der Waals surface area contributed by atoms with Crippen LogP contribution < -0.4 is 10.1 Å². The van der Waals surface area contributed by atoms with Gasteiger partial charge in [0.2, 0.25) is 0 Å². The molecule has 1 N–H and O–H groups in total. The van der Waals surface area contributed by atoms with Gasteiger partial charge in [-0.1, -0.05) is 29.8 Å². The number of methoxy groups -OCH3 is 1. The van der Waals surface area contributed by atoms with Gasteiger partial charge < -0.3 is 24.4 Å². The zero-order chi connectivity index (χ0) is 24.8. The SMILES string of the molecule is COc1cccc(C2c3cccn3-c3sc4c(c3CN2C(=O)Nc2cccc(Cl)c2)CCN(C)C4)c1. The number of hydrogen-bond donors (Lipinski definition) is 1. The lowest BCUT2D eigenvalue weighted by Crippen LogP contribution is -2.38. The van der Waals surface area contributed by atoms with Crippen molar-refractivity contribution in [1.29, 1.82) is 0 Å². The average Bonchev–Trinajstić information content (AvgIpc) is 3.45. The summed E-state index contributed by atoms with van der Waals surface area (Å²) in [6.45, 7) is 2.47. The molecule has 1 atom stereocenters. The highest BCUT2D eigenvalue weighted by atomic mass is 35.5. The molecule has 2 aliphatic rings. The molecule has 0 spiro atoms. The number of thiophene rings is 1. The highest BCUT2D eigenvalue weighted by Gasteiger charge is 2.36. The van der Waals surface area contributed by atoms with Crippen molar-refractivity contribution in [3.05, 3.63) is 99.1 Å². The molecule has 0 radical (unpaired) electrons. The predicted octanol–water partition coefficient (Wildman–Crippen LogP) is 6.33. The van der Waals surface area contributed by atoms with E-state index < -0.39 is 0 Å². The van der Waals surface area contributed by atoms with Gasteiger partial charge in [-0.3, -0.25) is 0 Å². The fourth-order valence-corrected chi connectivity index (χ4v) is 6.91. The summed E-state index contributed by atoms with van der Waals surface area (Å²) in [5.41, 5.74) is 5.35. The summed E-state index contributed by atoms with van der Waals surface area (Å²) in [5.74, 6) is 0.764. The number of carbonyl (C=O) groups excluding carboxylic acids is 1. The van der Waals surface area contributed by atoms with Gasteiger partial charge in [-0.05, 0) is 67.1 Å². The van der Waals surface area contributed by atoms with Gasteiger partial charge in [-0.15, -0.1) is 11.3 Å². The number of nitrogens with zero attached hydrogens (tertiary/aromatic N) is 3. The van der Waals surface area contributed by atoms with Crippen LogP contribution in [0.5, 0.6) is 5.75 Å². The van der Waals surface area contributed by atoms with Crippen LogP contribution >= 0.6 is 22.9 Å². The molecule has 4 heterocycles. The van der Waals surface area contributed by atoms with Crippen LogP contribution in [0, 0.1) is 0 Å². The summed E-state index contributed by atoms with van der Waals surface area (Å²) in [5, 5.41) is 4.89. The molecule has 6 rings (SSSR count). The molecule has 6 nitrogen and oxygen atoms in total. The van der Waals surface area contributed by atoms with E-state index in [-0.39, 0.29) is 12.1 Å². The number of halogens is 1. The number of carbonyl (C=O) groups is 1. The third-order valence-corrected chi connectivity index (χ3v) is 8.50. The molecule has 0 saturated carbocycles. The number of urea groups is 1. The van der Waals surface area contributed by atoms with E-state index in [2.05, 4.69) is 46.2 Å². The van der Waals surface area contributed by atoms with Crippen molar-refractivity contribution >= 4 is 34.7 Å². The molecule has 2 aromatic heterocycles. The zero-order valence-electron chi connectivity index (χ0n) is 20.2. The van der Waals surface area contributed by atoms with Crippen molar-refractivity contribution in [2.75, 3.05) is 26.0 Å². The van der Waals surface area contributed by atoms with Crippen molar-refractivity contribution in [2.45, 2.75) is 25.6 Å². The molecule has 0 saturated heterocycles. The maximum absolute atomic E-state index is 14.0. The molecule has 0 aliphatic carbocycles. The van der Waals surface area contributed by atoms with Gasteiger partial charge in [0.05, 0.1) is 25.4 Å². The highest BCUT2D eigenvalue weighted by Crippen LogP contribution is 2.44. The lowest BCUT2D eigenvalue weighted by Gasteiger charge is -2.32. The monoisotopic (exact) mass is 518 g/mol. The van der Waals surface area contributed by atoms with Gasteiger partial charge in [-0.25, -0.2) is 4.79 Å². The molecule has 36 heavy (non-hydrogen) atoms.